The maximum atomic E-state index is 13.0. The SMILES string of the molecule is Cc1cccc(OCCc2ccc(CN3CCN(C(=O)C=Cc4ccc(Oc5ccc(OCc6ccccc6Cl)cn5)c(Cl)c4)CC3)cc2)c1.Cl. The Balaban J connectivity index is 0.00000504. The standard InChI is InChI=1S/C41H39Cl2N3O4.ClH/c1-30-5-4-7-35(25-30)48-24-19-31-9-11-33(12-10-31)28-45-20-22-46(23-21-45)41(47)18-14-32-13-16-39(38(43)26-32)50-40-17-15-36(27-44-40)49-29-34-6-2-3-8-37(34)42;/h2-18,25-27H,19-24,28-29H2,1H3;1H. The number of carbonyl (C=O) groups is 1. The van der Waals surface area contributed by atoms with Crippen LogP contribution < -0.4 is 14.2 Å². The molecule has 0 unspecified atom stereocenters. The quantitative estimate of drug-likeness (QED) is 0.112. The second-order valence-corrected chi connectivity index (χ2v) is 13.0. The highest BCUT2D eigenvalue weighted by Gasteiger charge is 2.20. The van der Waals surface area contributed by atoms with Crippen molar-refractivity contribution in [2.45, 2.75) is 26.5 Å². The Hall–Kier alpha value is -4.53. The van der Waals surface area contributed by atoms with Crippen LogP contribution in [0.5, 0.6) is 23.1 Å². The lowest BCUT2D eigenvalue weighted by Crippen LogP contribution is -2.47. The summed E-state index contributed by atoms with van der Waals surface area (Å²) < 4.78 is 17.6. The van der Waals surface area contributed by atoms with Crippen molar-refractivity contribution in [3.63, 3.8) is 0 Å². The van der Waals surface area contributed by atoms with Crippen LogP contribution in [0.1, 0.15) is 27.8 Å². The third-order valence-electron chi connectivity index (χ3n) is 8.41. The second kappa shape index (κ2) is 18.6. The molecular weight excluding hydrogens is 705 g/mol. The first-order valence-electron chi connectivity index (χ1n) is 16.6. The predicted molar refractivity (Wildman–Crippen MR) is 207 cm³/mol. The Bertz CT molecular complexity index is 1910. The summed E-state index contributed by atoms with van der Waals surface area (Å²) in [5.41, 5.74) is 5.42. The molecule has 0 radical (unpaired) electrons. The molecule has 1 fully saturated rings. The van der Waals surface area contributed by atoms with Gasteiger partial charge in [0.1, 0.15) is 23.9 Å². The van der Waals surface area contributed by atoms with Gasteiger partial charge in [0.15, 0.2) is 0 Å². The van der Waals surface area contributed by atoms with Crippen LogP contribution in [-0.2, 0) is 24.4 Å². The molecule has 51 heavy (non-hydrogen) atoms. The Labute approximate surface area is 315 Å². The van der Waals surface area contributed by atoms with Crippen molar-refractivity contribution in [2.24, 2.45) is 0 Å². The number of hydrogen-bond acceptors (Lipinski definition) is 6. The maximum Gasteiger partial charge on any atom is 0.246 e. The number of rotatable bonds is 13. The van der Waals surface area contributed by atoms with E-state index in [-0.39, 0.29) is 18.3 Å². The summed E-state index contributed by atoms with van der Waals surface area (Å²) in [4.78, 5) is 21.6. The van der Waals surface area contributed by atoms with Crippen molar-refractivity contribution in [3.8, 4) is 23.1 Å². The first-order valence-corrected chi connectivity index (χ1v) is 17.4. The first kappa shape index (κ1) is 37.7. The number of benzene rings is 4. The van der Waals surface area contributed by atoms with Crippen LogP contribution in [0.2, 0.25) is 10.0 Å². The fraction of sp³-hybridized carbons (Fsp3) is 0.220. The number of carbonyl (C=O) groups excluding carboxylic acids is 1. The topological polar surface area (TPSA) is 64.1 Å². The van der Waals surface area contributed by atoms with Crippen LogP contribution >= 0.6 is 35.6 Å². The molecule has 1 amide bonds. The van der Waals surface area contributed by atoms with Gasteiger partial charge in [0.2, 0.25) is 11.8 Å². The molecule has 0 N–H and O–H groups in total. The first-order chi connectivity index (χ1) is 24.4. The van der Waals surface area contributed by atoms with E-state index >= 15 is 0 Å². The Kier molecular flexibility index (Phi) is 13.8. The van der Waals surface area contributed by atoms with E-state index in [4.69, 9.17) is 37.4 Å². The zero-order chi connectivity index (χ0) is 34.7. The molecule has 1 aliphatic heterocycles. The van der Waals surface area contributed by atoms with Gasteiger partial charge < -0.3 is 19.1 Å². The fourth-order valence-corrected chi connectivity index (χ4v) is 5.98. The van der Waals surface area contributed by atoms with Gasteiger partial charge in [-0.1, -0.05) is 83.9 Å². The molecule has 0 bridgehead atoms. The largest absolute Gasteiger partial charge is 0.493 e. The molecule has 4 aromatic carbocycles. The molecule has 1 aromatic heterocycles. The molecule has 0 atom stereocenters. The van der Waals surface area contributed by atoms with Crippen LogP contribution in [0, 0.1) is 6.92 Å². The highest BCUT2D eigenvalue weighted by atomic mass is 35.5. The summed E-state index contributed by atoms with van der Waals surface area (Å²) in [7, 11) is 0. The lowest BCUT2D eigenvalue weighted by molar-refractivity contribution is -0.127. The Morgan fingerprint density at radius 3 is 2.31 bits per heavy atom. The van der Waals surface area contributed by atoms with E-state index in [1.54, 1.807) is 42.6 Å². The molecule has 7 nitrogen and oxygen atoms in total. The molecule has 0 spiro atoms. The molecule has 10 heteroatoms. The number of aryl methyl sites for hydroxylation is 1. The second-order valence-electron chi connectivity index (χ2n) is 12.2. The van der Waals surface area contributed by atoms with Crippen LogP contribution in [0.3, 0.4) is 0 Å². The van der Waals surface area contributed by atoms with Crippen molar-refractivity contribution >= 4 is 47.6 Å². The minimum atomic E-state index is -0.0145. The van der Waals surface area contributed by atoms with Crippen LogP contribution in [-0.4, -0.2) is 53.5 Å². The lowest BCUT2D eigenvalue weighted by atomic mass is 10.1. The number of piperazine rings is 1. The average molecular weight is 745 g/mol. The van der Waals surface area contributed by atoms with E-state index in [9.17, 15) is 4.79 Å². The third-order valence-corrected chi connectivity index (χ3v) is 9.08. The minimum Gasteiger partial charge on any atom is -0.493 e. The zero-order valence-corrected chi connectivity index (χ0v) is 30.7. The van der Waals surface area contributed by atoms with Gasteiger partial charge in [-0.05, 0) is 71.7 Å². The van der Waals surface area contributed by atoms with Gasteiger partial charge in [0.25, 0.3) is 0 Å². The monoisotopic (exact) mass is 743 g/mol. The summed E-state index contributed by atoms with van der Waals surface area (Å²) in [6.45, 7) is 6.93. The van der Waals surface area contributed by atoms with Crippen molar-refractivity contribution in [3.05, 3.63) is 153 Å². The fourth-order valence-electron chi connectivity index (χ4n) is 5.57. The average Bonchev–Trinajstić information content (AvgIpc) is 3.13. The third kappa shape index (κ3) is 11.2. The molecule has 0 aliphatic carbocycles. The van der Waals surface area contributed by atoms with E-state index in [2.05, 4.69) is 53.2 Å². The molecule has 0 saturated carbocycles. The number of ether oxygens (including phenoxy) is 3. The minimum absolute atomic E-state index is 0. The number of hydrogen-bond donors (Lipinski definition) is 0. The van der Waals surface area contributed by atoms with Crippen molar-refractivity contribution in [1.82, 2.24) is 14.8 Å². The lowest BCUT2D eigenvalue weighted by Gasteiger charge is -2.34. The summed E-state index contributed by atoms with van der Waals surface area (Å²) in [5, 5.41) is 1.07. The van der Waals surface area contributed by atoms with Crippen LogP contribution in [0.25, 0.3) is 6.08 Å². The van der Waals surface area contributed by atoms with Crippen molar-refractivity contribution in [2.75, 3.05) is 32.8 Å². The highest BCUT2D eigenvalue weighted by molar-refractivity contribution is 6.32. The van der Waals surface area contributed by atoms with Gasteiger partial charge in [-0.2, -0.15) is 0 Å². The van der Waals surface area contributed by atoms with Crippen LogP contribution in [0.15, 0.2) is 115 Å². The van der Waals surface area contributed by atoms with E-state index in [1.165, 1.54) is 16.7 Å². The summed E-state index contributed by atoms with van der Waals surface area (Å²) >= 11 is 12.7. The summed E-state index contributed by atoms with van der Waals surface area (Å²) in [5.74, 6) is 2.33. The van der Waals surface area contributed by atoms with Gasteiger partial charge in [0.05, 0.1) is 17.8 Å². The van der Waals surface area contributed by atoms with E-state index in [1.807, 2.05) is 47.4 Å². The Morgan fingerprint density at radius 1 is 0.804 bits per heavy atom. The molecule has 2 heterocycles. The van der Waals surface area contributed by atoms with Crippen LogP contribution in [0.4, 0.5) is 0 Å². The van der Waals surface area contributed by atoms with Crippen molar-refractivity contribution in [1.29, 1.82) is 0 Å². The normalized spacial score (nSPS) is 13.1. The molecule has 6 rings (SSSR count). The van der Waals surface area contributed by atoms with E-state index in [0.29, 0.717) is 53.7 Å². The molecule has 5 aromatic rings. The van der Waals surface area contributed by atoms with Gasteiger partial charge in [-0.25, -0.2) is 4.98 Å². The number of nitrogens with zero attached hydrogens (tertiary/aromatic N) is 3. The molecular formula is C41H40Cl3N3O4. The molecule has 1 aliphatic rings. The molecule has 1 saturated heterocycles. The maximum absolute atomic E-state index is 13.0. The summed E-state index contributed by atoms with van der Waals surface area (Å²) in [6.07, 6.45) is 5.83. The van der Waals surface area contributed by atoms with Gasteiger partial charge in [0, 0.05) is 61.9 Å². The van der Waals surface area contributed by atoms with E-state index in [0.717, 1.165) is 42.9 Å². The van der Waals surface area contributed by atoms with Crippen molar-refractivity contribution < 1.29 is 19.0 Å². The zero-order valence-electron chi connectivity index (χ0n) is 28.3. The van der Waals surface area contributed by atoms with Gasteiger partial charge >= 0.3 is 0 Å². The number of amides is 1. The smallest absolute Gasteiger partial charge is 0.246 e. The van der Waals surface area contributed by atoms with Gasteiger partial charge in [-0.15, -0.1) is 12.4 Å². The molecule has 264 valence electrons. The number of halogens is 3. The predicted octanol–water partition coefficient (Wildman–Crippen LogP) is 9.47. The van der Waals surface area contributed by atoms with E-state index < -0.39 is 0 Å². The summed E-state index contributed by atoms with van der Waals surface area (Å²) in [6, 6.07) is 33.3. The highest BCUT2D eigenvalue weighted by Crippen LogP contribution is 2.30. The number of pyridine rings is 1. The van der Waals surface area contributed by atoms with Gasteiger partial charge in [-0.3, -0.25) is 9.69 Å². The Morgan fingerprint density at radius 2 is 1.59 bits per heavy atom. The number of aromatic nitrogens is 1.